The van der Waals surface area contributed by atoms with E-state index in [-0.39, 0.29) is 24.5 Å². The topological polar surface area (TPSA) is 79.3 Å². The summed E-state index contributed by atoms with van der Waals surface area (Å²) < 4.78 is 11.4. The van der Waals surface area contributed by atoms with Crippen LogP contribution in [0.25, 0.3) is 0 Å². The molecule has 2 aliphatic heterocycles. The lowest BCUT2D eigenvalue weighted by molar-refractivity contribution is -0.126. The Bertz CT molecular complexity index is 835. The van der Waals surface area contributed by atoms with Gasteiger partial charge in [-0.25, -0.2) is 4.79 Å². The molecule has 0 aliphatic carbocycles. The highest BCUT2D eigenvalue weighted by Crippen LogP contribution is 2.49. The largest absolute Gasteiger partial charge is 0.508 e. The third-order valence-corrected chi connectivity index (χ3v) is 7.63. The molecule has 1 N–H and O–H groups in total. The zero-order valence-corrected chi connectivity index (χ0v) is 20.7. The van der Waals surface area contributed by atoms with Gasteiger partial charge in [0.15, 0.2) is 0 Å². The number of aromatic hydroxyl groups is 1. The summed E-state index contributed by atoms with van der Waals surface area (Å²) in [4.78, 5) is 29.4. The number of anilines is 1. The van der Waals surface area contributed by atoms with Crippen molar-refractivity contribution < 1.29 is 24.2 Å². The van der Waals surface area contributed by atoms with Crippen LogP contribution in [-0.2, 0) is 19.7 Å². The Morgan fingerprint density at radius 2 is 1.84 bits per heavy atom. The molecule has 31 heavy (non-hydrogen) atoms. The average molecular weight is 449 g/mol. The Morgan fingerprint density at radius 3 is 2.42 bits per heavy atom. The zero-order chi connectivity index (χ0) is 23.0. The van der Waals surface area contributed by atoms with Gasteiger partial charge < -0.3 is 19.5 Å². The number of hydrogen-bond donors (Lipinski definition) is 1. The van der Waals surface area contributed by atoms with Gasteiger partial charge >= 0.3 is 6.09 Å². The highest BCUT2D eigenvalue weighted by molar-refractivity contribution is 6.76. The van der Waals surface area contributed by atoms with E-state index in [1.165, 1.54) is 0 Å². The lowest BCUT2D eigenvalue weighted by Gasteiger charge is -2.38. The first-order valence-corrected chi connectivity index (χ1v) is 14.7. The van der Waals surface area contributed by atoms with Gasteiger partial charge in [-0.1, -0.05) is 19.6 Å². The second-order valence-corrected chi connectivity index (χ2v) is 16.5. The van der Waals surface area contributed by atoms with Gasteiger partial charge in [-0.05, 0) is 63.4 Å². The van der Waals surface area contributed by atoms with Crippen molar-refractivity contribution in [2.45, 2.75) is 70.3 Å². The van der Waals surface area contributed by atoms with Crippen molar-refractivity contribution in [3.63, 3.8) is 0 Å². The number of carbonyl (C=O) groups is 2. The van der Waals surface area contributed by atoms with Crippen molar-refractivity contribution in [1.82, 2.24) is 4.90 Å². The number of piperidine rings is 1. The Labute approximate surface area is 186 Å². The van der Waals surface area contributed by atoms with Gasteiger partial charge in [0.2, 0.25) is 5.91 Å². The quantitative estimate of drug-likeness (QED) is 0.536. The molecule has 2 heterocycles. The predicted octanol–water partition coefficient (Wildman–Crippen LogP) is 4.32. The summed E-state index contributed by atoms with van der Waals surface area (Å²) in [5.74, 6) is 0.131. The molecule has 1 spiro atoms. The smallest absolute Gasteiger partial charge is 0.410 e. The number of phenols is 1. The van der Waals surface area contributed by atoms with Gasteiger partial charge in [-0.2, -0.15) is 0 Å². The number of phenolic OH excluding ortho intramolecular Hbond substituents is 1. The van der Waals surface area contributed by atoms with Crippen LogP contribution in [-0.4, -0.2) is 62.1 Å². The molecule has 172 valence electrons. The molecule has 2 amide bonds. The fourth-order valence-electron chi connectivity index (χ4n) is 4.17. The molecular formula is C23H36N2O5Si. The average Bonchev–Trinajstić information content (AvgIpc) is 2.86. The van der Waals surface area contributed by atoms with E-state index >= 15 is 0 Å². The van der Waals surface area contributed by atoms with Crippen molar-refractivity contribution >= 4 is 25.8 Å². The molecule has 1 fully saturated rings. The summed E-state index contributed by atoms with van der Waals surface area (Å²) >= 11 is 0. The third-order valence-electron chi connectivity index (χ3n) is 5.93. The maximum atomic E-state index is 13.6. The second-order valence-electron chi connectivity index (χ2n) is 10.8. The molecule has 0 unspecified atom stereocenters. The first-order chi connectivity index (χ1) is 14.3. The number of fused-ring (bicyclic) bond motifs is 2. The van der Waals surface area contributed by atoms with E-state index in [0.29, 0.717) is 32.5 Å². The zero-order valence-electron chi connectivity index (χ0n) is 19.7. The molecule has 7 nitrogen and oxygen atoms in total. The van der Waals surface area contributed by atoms with Crippen LogP contribution in [0.15, 0.2) is 18.2 Å². The SMILES string of the molecule is CC(C)(C)OC(=O)N1CCC2(CC1)C(=O)N(COCC[Si](C)(C)C)c1ccc(O)cc12. The van der Waals surface area contributed by atoms with Crippen LogP contribution in [0, 0.1) is 0 Å². The number of hydrogen-bond acceptors (Lipinski definition) is 5. The van der Waals surface area contributed by atoms with E-state index in [0.717, 1.165) is 17.3 Å². The molecule has 0 bridgehead atoms. The second kappa shape index (κ2) is 8.46. The summed E-state index contributed by atoms with van der Waals surface area (Å²) in [6.07, 6.45) is 0.635. The van der Waals surface area contributed by atoms with Crippen LogP contribution in [0.3, 0.4) is 0 Å². The highest BCUT2D eigenvalue weighted by atomic mass is 28.3. The van der Waals surface area contributed by atoms with E-state index in [4.69, 9.17) is 9.47 Å². The van der Waals surface area contributed by atoms with Gasteiger partial charge in [0.1, 0.15) is 18.1 Å². The maximum Gasteiger partial charge on any atom is 0.410 e. The fraction of sp³-hybridized carbons (Fsp3) is 0.652. The van der Waals surface area contributed by atoms with E-state index in [1.54, 1.807) is 28.0 Å². The summed E-state index contributed by atoms with van der Waals surface area (Å²) in [5.41, 5.74) is 0.323. The molecule has 0 radical (unpaired) electrons. The van der Waals surface area contributed by atoms with Crippen LogP contribution in [0.5, 0.6) is 5.75 Å². The minimum atomic E-state index is -1.22. The fourth-order valence-corrected chi connectivity index (χ4v) is 4.93. The summed E-state index contributed by atoms with van der Waals surface area (Å²) in [7, 11) is -1.22. The number of amides is 2. The lowest BCUT2D eigenvalue weighted by Crippen LogP contribution is -2.51. The monoisotopic (exact) mass is 448 g/mol. The number of benzene rings is 1. The molecule has 1 aromatic rings. The number of ether oxygens (including phenoxy) is 2. The Balaban J connectivity index is 1.75. The third kappa shape index (κ3) is 5.23. The summed E-state index contributed by atoms with van der Waals surface area (Å²) in [6.45, 7) is 14.1. The first kappa shape index (κ1) is 23.6. The van der Waals surface area contributed by atoms with Gasteiger partial charge in [0.05, 0.1) is 11.1 Å². The van der Waals surface area contributed by atoms with Crippen LogP contribution in [0.1, 0.15) is 39.2 Å². The highest BCUT2D eigenvalue weighted by Gasteiger charge is 2.53. The summed E-state index contributed by atoms with van der Waals surface area (Å²) in [6, 6.07) is 6.13. The van der Waals surface area contributed by atoms with Crippen molar-refractivity contribution in [1.29, 1.82) is 0 Å². The number of rotatable bonds is 5. The minimum absolute atomic E-state index is 0.00931. The van der Waals surface area contributed by atoms with Crippen LogP contribution in [0.4, 0.5) is 10.5 Å². The van der Waals surface area contributed by atoms with E-state index < -0.39 is 19.1 Å². The molecule has 8 heteroatoms. The normalized spacial score (nSPS) is 18.5. The van der Waals surface area contributed by atoms with Crippen molar-refractivity contribution in [2.75, 3.05) is 31.3 Å². The standard InChI is InChI=1S/C23H36N2O5Si/c1-22(2,3)30-21(28)24-11-9-23(10-12-24)18-15-17(26)7-8-19(18)25(20(23)27)16-29-13-14-31(4,5)6/h7-8,15,26H,9-14,16H2,1-6H3. The molecule has 3 rings (SSSR count). The first-order valence-electron chi connectivity index (χ1n) is 11.0. The van der Waals surface area contributed by atoms with Crippen LogP contribution >= 0.6 is 0 Å². The Kier molecular flexibility index (Phi) is 6.44. The van der Waals surface area contributed by atoms with E-state index in [2.05, 4.69) is 19.6 Å². The van der Waals surface area contributed by atoms with Crippen molar-refractivity contribution in [3.05, 3.63) is 23.8 Å². The molecule has 0 aromatic heterocycles. The lowest BCUT2D eigenvalue weighted by atomic mass is 9.73. The Hall–Kier alpha value is -2.06. The molecule has 1 saturated heterocycles. The number of nitrogens with zero attached hydrogens (tertiary/aromatic N) is 2. The molecular weight excluding hydrogens is 412 g/mol. The molecule has 0 saturated carbocycles. The van der Waals surface area contributed by atoms with Crippen molar-refractivity contribution in [2.24, 2.45) is 0 Å². The predicted molar refractivity (Wildman–Crippen MR) is 123 cm³/mol. The van der Waals surface area contributed by atoms with E-state index in [1.807, 2.05) is 20.8 Å². The van der Waals surface area contributed by atoms with Crippen molar-refractivity contribution in [3.8, 4) is 5.75 Å². The molecule has 2 aliphatic rings. The molecule has 0 atom stereocenters. The maximum absolute atomic E-state index is 13.6. The molecule has 1 aromatic carbocycles. The number of likely N-dealkylation sites (tertiary alicyclic amines) is 1. The van der Waals surface area contributed by atoms with Gasteiger partial charge in [0, 0.05) is 27.8 Å². The summed E-state index contributed by atoms with van der Waals surface area (Å²) in [5, 5.41) is 10.1. The van der Waals surface area contributed by atoms with Crippen LogP contribution < -0.4 is 4.90 Å². The number of carbonyl (C=O) groups excluding carboxylic acids is 2. The van der Waals surface area contributed by atoms with Gasteiger partial charge in [-0.3, -0.25) is 9.69 Å². The van der Waals surface area contributed by atoms with Crippen LogP contribution in [0.2, 0.25) is 25.7 Å². The minimum Gasteiger partial charge on any atom is -0.508 e. The van der Waals surface area contributed by atoms with E-state index in [9.17, 15) is 14.7 Å². The Morgan fingerprint density at radius 1 is 1.19 bits per heavy atom. The van der Waals surface area contributed by atoms with Gasteiger partial charge in [-0.15, -0.1) is 0 Å². The van der Waals surface area contributed by atoms with Gasteiger partial charge in [0.25, 0.3) is 0 Å².